The SMILES string of the molecule is O=C1CCN(Cc2ccccc2)C(=O)CCN(Cc2ccccc2)C(=O)CCN(Cc2ccccc2)C(=O)CCCCCCCCCCCN1. The lowest BCUT2D eigenvalue weighted by Crippen LogP contribution is -2.40. The average molecular weight is 681 g/mol. The number of nitrogens with one attached hydrogen (secondary N) is 1. The molecular formula is C42H56N4O4. The zero-order valence-electron chi connectivity index (χ0n) is 29.8. The van der Waals surface area contributed by atoms with E-state index in [1.807, 2.05) is 95.9 Å². The molecule has 1 saturated heterocycles. The van der Waals surface area contributed by atoms with Crippen LogP contribution < -0.4 is 5.32 Å². The van der Waals surface area contributed by atoms with Crippen LogP contribution in [-0.2, 0) is 38.8 Å². The number of amides is 4. The maximum Gasteiger partial charge on any atom is 0.224 e. The van der Waals surface area contributed by atoms with Crippen molar-refractivity contribution in [3.8, 4) is 0 Å². The minimum atomic E-state index is -0.0982. The highest BCUT2D eigenvalue weighted by Gasteiger charge is 2.22. The monoisotopic (exact) mass is 680 g/mol. The molecule has 50 heavy (non-hydrogen) atoms. The second kappa shape index (κ2) is 22.3. The summed E-state index contributed by atoms with van der Waals surface area (Å²) < 4.78 is 0. The minimum absolute atomic E-state index is 0.0446. The molecule has 0 aromatic heterocycles. The van der Waals surface area contributed by atoms with E-state index in [0.717, 1.165) is 55.2 Å². The molecule has 1 aliphatic rings. The highest BCUT2D eigenvalue weighted by Crippen LogP contribution is 2.15. The number of rotatable bonds is 6. The normalized spacial score (nSPS) is 17.9. The van der Waals surface area contributed by atoms with Crippen LogP contribution in [0.15, 0.2) is 91.0 Å². The third-order valence-corrected chi connectivity index (χ3v) is 9.40. The van der Waals surface area contributed by atoms with Crippen LogP contribution in [0.5, 0.6) is 0 Å². The Morgan fingerprint density at radius 2 is 0.740 bits per heavy atom. The van der Waals surface area contributed by atoms with Gasteiger partial charge in [-0.25, -0.2) is 0 Å². The molecule has 0 bridgehead atoms. The summed E-state index contributed by atoms with van der Waals surface area (Å²) >= 11 is 0. The fourth-order valence-corrected chi connectivity index (χ4v) is 6.41. The van der Waals surface area contributed by atoms with Gasteiger partial charge in [-0.3, -0.25) is 19.2 Å². The number of carbonyl (C=O) groups is 4. The van der Waals surface area contributed by atoms with Crippen molar-refractivity contribution in [2.45, 2.75) is 103 Å². The summed E-state index contributed by atoms with van der Waals surface area (Å²) in [7, 11) is 0. The second-order valence-electron chi connectivity index (χ2n) is 13.4. The standard InChI is InChI=1S/C42H56N4O4/c47-39-26-30-44(33-36-19-11-8-12-20-36)41(49)28-32-46(35-38-23-15-10-16-24-38)42(50)27-31-45(34-37-21-13-9-14-22-37)40(48)25-17-6-4-2-1-3-5-7-18-29-43-39/h8-16,19-24H,1-7,17-18,25-35H2,(H,43,47). The van der Waals surface area contributed by atoms with Crippen molar-refractivity contribution in [2.24, 2.45) is 0 Å². The Hall–Kier alpha value is -4.46. The largest absolute Gasteiger partial charge is 0.356 e. The van der Waals surface area contributed by atoms with Gasteiger partial charge in [0, 0.05) is 71.5 Å². The van der Waals surface area contributed by atoms with E-state index in [9.17, 15) is 19.2 Å². The fraction of sp³-hybridized carbons (Fsp3) is 0.476. The van der Waals surface area contributed by atoms with Crippen molar-refractivity contribution in [1.82, 2.24) is 20.0 Å². The number of hydrogen-bond donors (Lipinski definition) is 1. The maximum absolute atomic E-state index is 13.9. The molecule has 3 aromatic carbocycles. The van der Waals surface area contributed by atoms with Crippen LogP contribution in [0.2, 0.25) is 0 Å². The van der Waals surface area contributed by atoms with Gasteiger partial charge in [0.25, 0.3) is 0 Å². The Morgan fingerprint density at radius 1 is 0.400 bits per heavy atom. The molecule has 4 rings (SSSR count). The van der Waals surface area contributed by atoms with Crippen LogP contribution in [0, 0.1) is 0 Å². The zero-order chi connectivity index (χ0) is 35.2. The molecule has 0 unspecified atom stereocenters. The first-order valence-corrected chi connectivity index (χ1v) is 18.7. The van der Waals surface area contributed by atoms with Crippen LogP contribution >= 0.6 is 0 Å². The Morgan fingerprint density at radius 3 is 1.16 bits per heavy atom. The molecule has 268 valence electrons. The van der Waals surface area contributed by atoms with E-state index < -0.39 is 0 Å². The number of hydrogen-bond acceptors (Lipinski definition) is 4. The highest BCUT2D eigenvalue weighted by atomic mass is 16.2. The Labute approximate surface area is 299 Å². The molecule has 1 N–H and O–H groups in total. The molecule has 0 aliphatic carbocycles. The summed E-state index contributed by atoms with van der Waals surface area (Å²) in [4.78, 5) is 59.2. The fourth-order valence-electron chi connectivity index (χ4n) is 6.41. The molecule has 8 nitrogen and oxygen atoms in total. The highest BCUT2D eigenvalue weighted by molar-refractivity contribution is 5.81. The molecule has 8 heteroatoms. The van der Waals surface area contributed by atoms with Crippen molar-refractivity contribution in [1.29, 1.82) is 0 Å². The van der Waals surface area contributed by atoms with Crippen LogP contribution in [0.25, 0.3) is 0 Å². The smallest absolute Gasteiger partial charge is 0.224 e. The van der Waals surface area contributed by atoms with Gasteiger partial charge >= 0.3 is 0 Å². The Balaban J connectivity index is 1.49. The van der Waals surface area contributed by atoms with Gasteiger partial charge in [0.15, 0.2) is 0 Å². The van der Waals surface area contributed by atoms with Crippen molar-refractivity contribution >= 4 is 23.6 Å². The predicted octanol–water partition coefficient (Wildman–Crippen LogP) is 7.27. The van der Waals surface area contributed by atoms with E-state index in [2.05, 4.69) is 5.32 Å². The van der Waals surface area contributed by atoms with Crippen molar-refractivity contribution < 1.29 is 19.2 Å². The van der Waals surface area contributed by atoms with E-state index in [0.29, 0.717) is 45.7 Å². The molecule has 1 aliphatic heterocycles. The molecule has 1 fully saturated rings. The third kappa shape index (κ3) is 14.6. The number of nitrogens with zero attached hydrogens (tertiary/aromatic N) is 3. The molecule has 3 aromatic rings. The lowest BCUT2D eigenvalue weighted by Gasteiger charge is -2.28. The summed E-state index contributed by atoms with van der Waals surface area (Å²) in [5, 5.41) is 3.04. The van der Waals surface area contributed by atoms with Gasteiger partial charge in [0.2, 0.25) is 23.6 Å². The van der Waals surface area contributed by atoms with Gasteiger partial charge < -0.3 is 20.0 Å². The topological polar surface area (TPSA) is 90.0 Å². The molecule has 0 atom stereocenters. The zero-order valence-corrected chi connectivity index (χ0v) is 29.8. The first-order valence-electron chi connectivity index (χ1n) is 18.7. The summed E-state index contributed by atoms with van der Waals surface area (Å²) in [6, 6.07) is 29.5. The second-order valence-corrected chi connectivity index (χ2v) is 13.4. The van der Waals surface area contributed by atoms with Gasteiger partial charge in [0.05, 0.1) is 0 Å². The third-order valence-electron chi connectivity index (χ3n) is 9.40. The summed E-state index contributed by atoms with van der Waals surface area (Å²) in [5.41, 5.74) is 3.01. The van der Waals surface area contributed by atoms with E-state index in [1.54, 1.807) is 9.80 Å². The lowest BCUT2D eigenvalue weighted by atomic mass is 10.1. The van der Waals surface area contributed by atoms with Crippen molar-refractivity contribution in [3.63, 3.8) is 0 Å². The quantitative estimate of drug-likeness (QED) is 0.297. The van der Waals surface area contributed by atoms with Gasteiger partial charge in [-0.05, 0) is 29.5 Å². The minimum Gasteiger partial charge on any atom is -0.356 e. The molecule has 1 heterocycles. The van der Waals surface area contributed by atoms with Crippen LogP contribution in [0.3, 0.4) is 0 Å². The summed E-state index contributed by atoms with van der Waals surface area (Å²) in [6.07, 6.45) is 10.7. The summed E-state index contributed by atoms with van der Waals surface area (Å²) in [5.74, 6) is -0.153. The molecule has 0 spiro atoms. The number of carbonyl (C=O) groups excluding carboxylic acids is 4. The summed E-state index contributed by atoms with van der Waals surface area (Å²) in [6.45, 7) is 2.76. The van der Waals surface area contributed by atoms with Gasteiger partial charge in [-0.2, -0.15) is 0 Å². The van der Waals surface area contributed by atoms with Gasteiger partial charge in [0.1, 0.15) is 0 Å². The first-order chi connectivity index (χ1) is 24.5. The van der Waals surface area contributed by atoms with E-state index in [1.165, 1.54) is 19.3 Å². The number of benzene rings is 3. The average Bonchev–Trinajstić information content (AvgIpc) is 3.14. The first kappa shape index (κ1) is 38.3. The van der Waals surface area contributed by atoms with Crippen molar-refractivity contribution in [3.05, 3.63) is 108 Å². The molecular weight excluding hydrogens is 624 g/mol. The molecule has 0 saturated carbocycles. The predicted molar refractivity (Wildman–Crippen MR) is 199 cm³/mol. The van der Waals surface area contributed by atoms with E-state index in [-0.39, 0.29) is 49.4 Å². The molecule has 4 amide bonds. The maximum atomic E-state index is 13.9. The van der Waals surface area contributed by atoms with E-state index >= 15 is 0 Å². The van der Waals surface area contributed by atoms with Gasteiger partial charge in [-0.1, -0.05) is 136 Å². The van der Waals surface area contributed by atoms with Crippen LogP contribution in [0.1, 0.15) is 100 Å². The van der Waals surface area contributed by atoms with Crippen LogP contribution in [0.4, 0.5) is 0 Å². The van der Waals surface area contributed by atoms with E-state index in [4.69, 9.17) is 0 Å². The van der Waals surface area contributed by atoms with Gasteiger partial charge in [-0.15, -0.1) is 0 Å². The van der Waals surface area contributed by atoms with Crippen LogP contribution in [-0.4, -0.2) is 64.5 Å². The Bertz CT molecular complexity index is 1430. The molecule has 0 radical (unpaired) electrons. The lowest BCUT2D eigenvalue weighted by molar-refractivity contribution is -0.136. The Kier molecular flexibility index (Phi) is 17.1. The van der Waals surface area contributed by atoms with Crippen molar-refractivity contribution in [2.75, 3.05) is 26.2 Å².